The molecule has 186 valence electrons. The molecule has 3 aromatic heterocycles. The molecule has 3 heterocycles. The molecule has 0 amide bonds. The number of carbonyl (C=O) groups is 1. The van der Waals surface area contributed by atoms with Gasteiger partial charge in [-0.1, -0.05) is 48.5 Å². The quantitative estimate of drug-likeness (QED) is 0.286. The SMILES string of the molecule is CCOC(=O)c1cnn(-c2nc(OC)c3c(cnn3Cc3ccc(-c4ccccc4C4CC4)cc3)n2)c1. The summed E-state index contributed by atoms with van der Waals surface area (Å²) in [6.45, 7) is 2.59. The van der Waals surface area contributed by atoms with Crippen LogP contribution in [0.1, 0.15) is 47.2 Å². The van der Waals surface area contributed by atoms with Gasteiger partial charge in [0, 0.05) is 6.20 Å². The maximum absolute atomic E-state index is 12.0. The molecule has 0 radical (unpaired) electrons. The molecule has 1 saturated carbocycles. The number of carbonyl (C=O) groups excluding carboxylic acids is 1. The van der Waals surface area contributed by atoms with Gasteiger partial charge in [-0.25, -0.2) is 14.5 Å². The van der Waals surface area contributed by atoms with Gasteiger partial charge in [0.15, 0.2) is 0 Å². The molecule has 5 aromatic rings. The molecular formula is C28H26N6O3. The van der Waals surface area contributed by atoms with E-state index in [2.05, 4.69) is 68.7 Å². The van der Waals surface area contributed by atoms with Crippen molar-refractivity contribution in [2.75, 3.05) is 13.7 Å². The van der Waals surface area contributed by atoms with Gasteiger partial charge >= 0.3 is 5.97 Å². The fourth-order valence-corrected chi connectivity index (χ4v) is 4.54. The monoisotopic (exact) mass is 494 g/mol. The van der Waals surface area contributed by atoms with Crippen LogP contribution in [0, 0.1) is 0 Å². The minimum atomic E-state index is -0.448. The molecule has 2 aromatic carbocycles. The summed E-state index contributed by atoms with van der Waals surface area (Å²) < 4.78 is 13.9. The molecule has 0 aliphatic heterocycles. The van der Waals surface area contributed by atoms with Crippen molar-refractivity contribution >= 4 is 17.0 Å². The number of benzene rings is 2. The van der Waals surface area contributed by atoms with Crippen LogP contribution in [0.5, 0.6) is 5.88 Å². The summed E-state index contributed by atoms with van der Waals surface area (Å²) in [5, 5.41) is 8.76. The number of ether oxygens (including phenoxy) is 2. The zero-order valence-corrected chi connectivity index (χ0v) is 20.7. The van der Waals surface area contributed by atoms with Gasteiger partial charge in [-0.05, 0) is 47.9 Å². The van der Waals surface area contributed by atoms with Crippen LogP contribution in [0.4, 0.5) is 0 Å². The molecule has 0 bridgehead atoms. The molecule has 9 heteroatoms. The van der Waals surface area contributed by atoms with Crippen LogP contribution < -0.4 is 4.74 Å². The molecule has 9 nitrogen and oxygen atoms in total. The highest BCUT2D eigenvalue weighted by molar-refractivity contribution is 5.88. The predicted octanol–water partition coefficient (Wildman–Crippen LogP) is 4.79. The molecule has 0 atom stereocenters. The molecule has 0 spiro atoms. The lowest BCUT2D eigenvalue weighted by molar-refractivity contribution is 0.0526. The van der Waals surface area contributed by atoms with E-state index in [4.69, 9.17) is 9.47 Å². The zero-order chi connectivity index (χ0) is 25.4. The molecule has 1 aliphatic rings. The molecule has 6 rings (SSSR count). The van der Waals surface area contributed by atoms with Crippen molar-refractivity contribution in [3.63, 3.8) is 0 Å². The van der Waals surface area contributed by atoms with E-state index in [0.29, 0.717) is 34.9 Å². The minimum Gasteiger partial charge on any atom is -0.479 e. The third kappa shape index (κ3) is 4.44. The number of hydrogen-bond acceptors (Lipinski definition) is 7. The van der Waals surface area contributed by atoms with E-state index >= 15 is 0 Å². The van der Waals surface area contributed by atoms with Crippen molar-refractivity contribution < 1.29 is 14.3 Å². The van der Waals surface area contributed by atoms with Crippen molar-refractivity contribution in [1.29, 1.82) is 0 Å². The van der Waals surface area contributed by atoms with E-state index in [-0.39, 0.29) is 12.6 Å². The summed E-state index contributed by atoms with van der Waals surface area (Å²) in [6, 6.07) is 17.3. The first-order chi connectivity index (χ1) is 18.1. The lowest BCUT2D eigenvalue weighted by Gasteiger charge is -2.11. The summed E-state index contributed by atoms with van der Waals surface area (Å²) in [5.41, 5.74) is 6.71. The van der Waals surface area contributed by atoms with Crippen LogP contribution in [-0.4, -0.2) is 49.2 Å². The summed E-state index contributed by atoms with van der Waals surface area (Å²) in [7, 11) is 1.56. The van der Waals surface area contributed by atoms with E-state index in [0.717, 1.165) is 5.56 Å². The summed E-state index contributed by atoms with van der Waals surface area (Å²) in [5.74, 6) is 0.901. The lowest BCUT2D eigenvalue weighted by atomic mass is 9.96. The van der Waals surface area contributed by atoms with Crippen molar-refractivity contribution in [2.24, 2.45) is 0 Å². The second-order valence-electron chi connectivity index (χ2n) is 9.02. The van der Waals surface area contributed by atoms with Gasteiger partial charge in [0.2, 0.25) is 5.88 Å². The lowest BCUT2D eigenvalue weighted by Crippen LogP contribution is -2.07. The Morgan fingerprint density at radius 1 is 1.03 bits per heavy atom. The van der Waals surface area contributed by atoms with Crippen LogP contribution in [0.2, 0.25) is 0 Å². The maximum atomic E-state index is 12.0. The zero-order valence-electron chi connectivity index (χ0n) is 20.7. The molecule has 0 unspecified atom stereocenters. The highest BCUT2D eigenvalue weighted by Gasteiger charge is 2.26. The van der Waals surface area contributed by atoms with E-state index in [1.54, 1.807) is 20.2 Å². The molecular weight excluding hydrogens is 468 g/mol. The minimum absolute atomic E-state index is 0.276. The largest absolute Gasteiger partial charge is 0.479 e. The van der Waals surface area contributed by atoms with Gasteiger partial charge < -0.3 is 9.47 Å². The summed E-state index contributed by atoms with van der Waals surface area (Å²) in [4.78, 5) is 21.1. The van der Waals surface area contributed by atoms with Crippen molar-refractivity contribution in [3.8, 4) is 23.0 Å². The Bertz CT molecular complexity index is 1580. The first-order valence-corrected chi connectivity index (χ1v) is 12.3. The third-order valence-corrected chi connectivity index (χ3v) is 6.51. The van der Waals surface area contributed by atoms with Crippen LogP contribution in [0.25, 0.3) is 28.1 Å². The smallest absolute Gasteiger partial charge is 0.341 e. The second kappa shape index (κ2) is 9.50. The molecule has 37 heavy (non-hydrogen) atoms. The third-order valence-electron chi connectivity index (χ3n) is 6.51. The fourth-order valence-electron chi connectivity index (χ4n) is 4.54. The highest BCUT2D eigenvalue weighted by Crippen LogP contribution is 2.44. The Kier molecular flexibility index (Phi) is 5.88. The summed E-state index contributed by atoms with van der Waals surface area (Å²) >= 11 is 0. The number of aromatic nitrogens is 6. The van der Waals surface area contributed by atoms with E-state index in [1.807, 2.05) is 4.68 Å². The van der Waals surface area contributed by atoms with E-state index in [1.165, 1.54) is 46.6 Å². The van der Waals surface area contributed by atoms with Gasteiger partial charge in [0.1, 0.15) is 11.0 Å². The van der Waals surface area contributed by atoms with Gasteiger partial charge in [-0.15, -0.1) is 0 Å². The Morgan fingerprint density at radius 2 is 1.84 bits per heavy atom. The number of fused-ring (bicyclic) bond motifs is 1. The van der Waals surface area contributed by atoms with E-state index in [9.17, 15) is 4.79 Å². The average Bonchev–Trinajstić information content (AvgIpc) is 3.51. The molecule has 0 saturated heterocycles. The van der Waals surface area contributed by atoms with Crippen molar-refractivity contribution in [3.05, 3.63) is 83.8 Å². The Balaban J connectivity index is 1.27. The number of nitrogens with zero attached hydrogens (tertiary/aromatic N) is 6. The highest BCUT2D eigenvalue weighted by atomic mass is 16.5. The standard InChI is InChI=1S/C28H26N6O3/c1-3-37-27(35)21-14-29-34(17-21)28-31-24-15-30-33(25(24)26(32-28)36-2)16-18-8-10-19(11-9-18)22-6-4-5-7-23(22)20-12-13-20/h4-11,14-15,17,20H,3,12-13,16H2,1-2H3. The topological polar surface area (TPSA) is 97.0 Å². The molecule has 0 N–H and O–H groups in total. The molecule has 1 fully saturated rings. The number of methoxy groups -OCH3 is 1. The summed E-state index contributed by atoms with van der Waals surface area (Å²) in [6.07, 6.45) is 7.19. The fraction of sp³-hybridized carbons (Fsp3) is 0.250. The van der Waals surface area contributed by atoms with Crippen LogP contribution in [0.3, 0.4) is 0 Å². The van der Waals surface area contributed by atoms with Gasteiger partial charge in [-0.2, -0.15) is 15.2 Å². The Hall–Kier alpha value is -4.53. The Morgan fingerprint density at radius 3 is 2.59 bits per heavy atom. The first kappa shape index (κ1) is 22.9. The van der Waals surface area contributed by atoms with Crippen molar-refractivity contribution in [1.82, 2.24) is 29.5 Å². The number of esters is 1. The molecule has 1 aliphatic carbocycles. The van der Waals surface area contributed by atoms with Crippen LogP contribution >= 0.6 is 0 Å². The van der Waals surface area contributed by atoms with E-state index < -0.39 is 5.97 Å². The first-order valence-electron chi connectivity index (χ1n) is 12.3. The predicted molar refractivity (Wildman–Crippen MR) is 138 cm³/mol. The van der Waals surface area contributed by atoms with Crippen LogP contribution in [-0.2, 0) is 11.3 Å². The Labute approximate surface area is 213 Å². The maximum Gasteiger partial charge on any atom is 0.341 e. The normalized spacial score (nSPS) is 13.1. The van der Waals surface area contributed by atoms with Gasteiger partial charge in [0.05, 0.1) is 38.2 Å². The van der Waals surface area contributed by atoms with Gasteiger partial charge in [0.25, 0.3) is 5.95 Å². The average molecular weight is 495 g/mol. The number of rotatable bonds is 8. The van der Waals surface area contributed by atoms with Gasteiger partial charge in [-0.3, -0.25) is 4.68 Å². The van der Waals surface area contributed by atoms with Crippen LogP contribution in [0.15, 0.2) is 67.1 Å². The number of hydrogen-bond donors (Lipinski definition) is 0. The van der Waals surface area contributed by atoms with Crippen molar-refractivity contribution in [2.45, 2.75) is 32.2 Å². The second-order valence-corrected chi connectivity index (χ2v) is 9.02.